The molecule has 0 radical (unpaired) electrons. The molecule has 0 fully saturated rings. The lowest BCUT2D eigenvalue weighted by Gasteiger charge is -2.06. The Hall–Kier alpha value is -1.78. The molecule has 15 heavy (non-hydrogen) atoms. The number of carboxylic acids is 1. The molecule has 3 N–H and O–H groups in total. The molecule has 0 saturated carbocycles. The van der Waals surface area contributed by atoms with Crippen molar-refractivity contribution in [3.63, 3.8) is 0 Å². The normalized spacial score (nSPS) is 10.2. The Morgan fingerprint density at radius 1 is 1.53 bits per heavy atom. The van der Waals surface area contributed by atoms with Gasteiger partial charge in [-0.3, -0.25) is 4.79 Å². The Morgan fingerprint density at radius 2 is 2.20 bits per heavy atom. The van der Waals surface area contributed by atoms with Gasteiger partial charge in [0.1, 0.15) is 6.54 Å². The molecule has 1 aromatic heterocycles. The molecule has 0 atom stereocenters. The molecule has 82 valence electrons. The summed E-state index contributed by atoms with van der Waals surface area (Å²) in [6.45, 7) is 1.98. The molecule has 0 aliphatic carbocycles. The number of hydrogen-bond acceptors (Lipinski definition) is 2. The fourth-order valence-corrected chi connectivity index (χ4v) is 1.53. The zero-order valence-electron chi connectivity index (χ0n) is 8.56. The minimum atomic E-state index is -0.971. The van der Waals surface area contributed by atoms with E-state index in [2.05, 4.69) is 0 Å². The number of carbonyl (C=O) groups is 2. The van der Waals surface area contributed by atoms with Gasteiger partial charge in [-0.15, -0.1) is 0 Å². The summed E-state index contributed by atoms with van der Waals surface area (Å²) in [6.07, 6.45) is 3.03. The Labute approximate surface area is 87.5 Å². The van der Waals surface area contributed by atoms with Crippen LogP contribution in [0.4, 0.5) is 0 Å². The maximum absolute atomic E-state index is 10.9. The Balaban J connectivity index is 3.05. The van der Waals surface area contributed by atoms with E-state index in [0.29, 0.717) is 12.1 Å². The highest BCUT2D eigenvalue weighted by molar-refractivity contribution is 5.89. The standard InChI is InChI=1S/C10H14N2O3/c1-2-3-8-7(10(14)15)4-5-12(8)6-9(11)13/h4-5H,2-3,6H2,1H3,(H2,11,13)(H,14,15). The zero-order chi connectivity index (χ0) is 11.4. The number of nitrogens with two attached hydrogens (primary N) is 1. The van der Waals surface area contributed by atoms with Gasteiger partial charge in [-0.05, 0) is 12.5 Å². The van der Waals surface area contributed by atoms with Crippen LogP contribution < -0.4 is 5.73 Å². The summed E-state index contributed by atoms with van der Waals surface area (Å²) in [5, 5.41) is 8.91. The lowest BCUT2D eigenvalue weighted by atomic mass is 10.1. The first kappa shape index (κ1) is 11.3. The number of amides is 1. The number of hydrogen-bond donors (Lipinski definition) is 2. The van der Waals surface area contributed by atoms with Crippen LogP contribution in [0.1, 0.15) is 29.4 Å². The van der Waals surface area contributed by atoms with Crippen molar-refractivity contribution in [2.24, 2.45) is 5.73 Å². The predicted molar refractivity (Wildman–Crippen MR) is 54.6 cm³/mol. The van der Waals surface area contributed by atoms with Gasteiger partial charge in [0.25, 0.3) is 0 Å². The molecule has 5 nitrogen and oxygen atoms in total. The van der Waals surface area contributed by atoms with Crippen LogP contribution in [-0.2, 0) is 17.8 Å². The number of rotatable bonds is 5. The van der Waals surface area contributed by atoms with Crippen LogP contribution in [0.15, 0.2) is 12.3 Å². The number of carboxylic acid groups (broad SMARTS) is 1. The zero-order valence-corrected chi connectivity index (χ0v) is 8.56. The molecule has 0 saturated heterocycles. The summed E-state index contributed by atoms with van der Waals surface area (Å²) in [5.74, 6) is -1.44. The van der Waals surface area contributed by atoms with Gasteiger partial charge >= 0.3 is 5.97 Å². The van der Waals surface area contributed by atoms with Crippen molar-refractivity contribution in [3.05, 3.63) is 23.5 Å². The topological polar surface area (TPSA) is 85.3 Å². The number of aromatic carboxylic acids is 1. The molecule has 1 rings (SSSR count). The second kappa shape index (κ2) is 4.63. The fraction of sp³-hybridized carbons (Fsp3) is 0.400. The molecule has 0 aliphatic rings. The van der Waals surface area contributed by atoms with Gasteiger partial charge in [0.15, 0.2) is 0 Å². The van der Waals surface area contributed by atoms with E-state index in [1.54, 1.807) is 10.8 Å². The molecule has 0 aliphatic heterocycles. The van der Waals surface area contributed by atoms with Crippen LogP contribution in [0.25, 0.3) is 0 Å². The van der Waals surface area contributed by atoms with E-state index in [4.69, 9.17) is 10.8 Å². The monoisotopic (exact) mass is 210 g/mol. The summed E-state index contributed by atoms with van der Waals surface area (Å²) >= 11 is 0. The third-order valence-corrected chi connectivity index (χ3v) is 2.12. The third-order valence-electron chi connectivity index (χ3n) is 2.12. The second-order valence-corrected chi connectivity index (χ2v) is 3.33. The van der Waals surface area contributed by atoms with E-state index in [9.17, 15) is 9.59 Å². The van der Waals surface area contributed by atoms with Gasteiger partial charge in [0.05, 0.1) is 5.56 Å². The average molecular weight is 210 g/mol. The van der Waals surface area contributed by atoms with Gasteiger partial charge in [-0.2, -0.15) is 0 Å². The average Bonchev–Trinajstić information content (AvgIpc) is 2.48. The van der Waals surface area contributed by atoms with Crippen molar-refractivity contribution < 1.29 is 14.7 Å². The molecule has 0 unspecified atom stereocenters. The Morgan fingerprint density at radius 3 is 2.67 bits per heavy atom. The molecule has 1 aromatic rings. The maximum atomic E-state index is 10.9. The molecule has 0 spiro atoms. The Kier molecular flexibility index (Phi) is 3.49. The van der Waals surface area contributed by atoms with E-state index in [-0.39, 0.29) is 12.1 Å². The van der Waals surface area contributed by atoms with Crippen molar-refractivity contribution in [1.82, 2.24) is 4.57 Å². The van der Waals surface area contributed by atoms with Gasteiger partial charge in [-0.25, -0.2) is 4.79 Å². The van der Waals surface area contributed by atoms with Crippen LogP contribution in [0.3, 0.4) is 0 Å². The molecule has 5 heteroatoms. The summed E-state index contributed by atoms with van der Waals surface area (Å²) in [5.41, 5.74) is 5.97. The van der Waals surface area contributed by atoms with Crippen molar-refractivity contribution in [1.29, 1.82) is 0 Å². The highest BCUT2D eigenvalue weighted by Crippen LogP contribution is 2.13. The van der Waals surface area contributed by atoms with Crippen molar-refractivity contribution >= 4 is 11.9 Å². The van der Waals surface area contributed by atoms with Crippen LogP contribution in [0.2, 0.25) is 0 Å². The van der Waals surface area contributed by atoms with E-state index in [1.165, 1.54) is 6.07 Å². The van der Waals surface area contributed by atoms with Crippen molar-refractivity contribution in [3.8, 4) is 0 Å². The predicted octanol–water partition coefficient (Wildman–Crippen LogP) is 0.624. The summed E-state index contributed by atoms with van der Waals surface area (Å²) in [6, 6.07) is 1.50. The molecule has 1 amide bonds. The van der Waals surface area contributed by atoms with E-state index >= 15 is 0 Å². The van der Waals surface area contributed by atoms with Crippen LogP contribution in [0.5, 0.6) is 0 Å². The van der Waals surface area contributed by atoms with Gasteiger partial charge in [0.2, 0.25) is 5.91 Å². The van der Waals surface area contributed by atoms with Crippen LogP contribution >= 0.6 is 0 Å². The second-order valence-electron chi connectivity index (χ2n) is 3.33. The maximum Gasteiger partial charge on any atom is 0.337 e. The third kappa shape index (κ3) is 2.59. The minimum Gasteiger partial charge on any atom is -0.478 e. The van der Waals surface area contributed by atoms with Crippen LogP contribution in [0, 0.1) is 0 Å². The van der Waals surface area contributed by atoms with Crippen molar-refractivity contribution in [2.45, 2.75) is 26.3 Å². The number of nitrogens with zero attached hydrogens (tertiary/aromatic N) is 1. The lowest BCUT2D eigenvalue weighted by Crippen LogP contribution is -2.20. The van der Waals surface area contributed by atoms with Crippen molar-refractivity contribution in [2.75, 3.05) is 0 Å². The molecular formula is C10H14N2O3. The summed E-state index contributed by atoms with van der Waals surface area (Å²) < 4.78 is 1.59. The number of primary amides is 1. The van der Waals surface area contributed by atoms with E-state index in [1.807, 2.05) is 6.92 Å². The van der Waals surface area contributed by atoms with Crippen LogP contribution in [-0.4, -0.2) is 21.6 Å². The first-order valence-electron chi connectivity index (χ1n) is 4.75. The number of aromatic nitrogens is 1. The van der Waals surface area contributed by atoms with E-state index < -0.39 is 11.9 Å². The largest absolute Gasteiger partial charge is 0.478 e. The van der Waals surface area contributed by atoms with E-state index in [0.717, 1.165) is 6.42 Å². The highest BCUT2D eigenvalue weighted by atomic mass is 16.4. The fourth-order valence-electron chi connectivity index (χ4n) is 1.53. The smallest absolute Gasteiger partial charge is 0.337 e. The first-order valence-corrected chi connectivity index (χ1v) is 4.75. The number of carbonyl (C=O) groups excluding carboxylic acids is 1. The summed E-state index contributed by atoms with van der Waals surface area (Å²) in [7, 11) is 0. The molecule has 1 heterocycles. The first-order chi connectivity index (χ1) is 7.06. The van der Waals surface area contributed by atoms with Gasteiger partial charge < -0.3 is 15.4 Å². The Bertz CT molecular complexity index is 382. The molecular weight excluding hydrogens is 196 g/mol. The SMILES string of the molecule is CCCc1c(C(=O)O)ccn1CC(N)=O. The minimum absolute atomic E-state index is 0.0304. The summed E-state index contributed by atoms with van der Waals surface area (Å²) in [4.78, 5) is 21.6. The van der Waals surface area contributed by atoms with Gasteiger partial charge in [0, 0.05) is 11.9 Å². The molecule has 0 aromatic carbocycles. The molecule has 0 bridgehead atoms. The van der Waals surface area contributed by atoms with Gasteiger partial charge in [-0.1, -0.05) is 13.3 Å². The highest BCUT2D eigenvalue weighted by Gasteiger charge is 2.14. The lowest BCUT2D eigenvalue weighted by molar-refractivity contribution is -0.118. The quantitative estimate of drug-likeness (QED) is 0.747.